The van der Waals surface area contributed by atoms with Crippen LogP contribution in [-0.4, -0.2) is 18.1 Å². The average Bonchev–Trinajstić information content (AvgIpc) is 2.13. The lowest BCUT2D eigenvalue weighted by Crippen LogP contribution is -2.00. The van der Waals surface area contributed by atoms with Crippen molar-refractivity contribution in [3.63, 3.8) is 0 Å². The number of rotatable bonds is 1. The first-order valence-corrected chi connectivity index (χ1v) is 6.44. The van der Waals surface area contributed by atoms with Crippen LogP contribution in [0.25, 0.3) is 10.8 Å². The Morgan fingerprint density at radius 3 is 2.29 bits per heavy atom. The van der Waals surface area contributed by atoms with Crippen LogP contribution in [0.2, 0.25) is 0 Å². The second-order valence-corrected chi connectivity index (χ2v) is 5.49. The largest absolute Gasteiger partial charge is 0.508 e. The van der Waals surface area contributed by atoms with E-state index in [1.165, 1.54) is 6.07 Å². The maximum Gasteiger partial charge on any atom is 0.295 e. The molecule has 0 aliphatic heterocycles. The van der Waals surface area contributed by atoms with Crippen LogP contribution in [0.3, 0.4) is 0 Å². The maximum atomic E-state index is 11.3. The van der Waals surface area contributed by atoms with Gasteiger partial charge in [0.25, 0.3) is 10.1 Å². The summed E-state index contributed by atoms with van der Waals surface area (Å²) in [5, 5.41) is 10.5. The molecule has 0 spiro atoms. The predicted octanol–water partition coefficient (Wildman–Crippen LogP) is 2.41. The van der Waals surface area contributed by atoms with Crippen molar-refractivity contribution in [2.75, 3.05) is 0 Å². The van der Waals surface area contributed by atoms with E-state index in [2.05, 4.69) is 0 Å². The van der Waals surface area contributed by atoms with E-state index >= 15 is 0 Å². The van der Waals surface area contributed by atoms with Crippen LogP contribution in [0.4, 0.5) is 0 Å². The highest BCUT2D eigenvalue weighted by molar-refractivity contribution is 7.86. The van der Waals surface area contributed by atoms with Crippen molar-refractivity contribution < 1.29 is 18.1 Å². The van der Waals surface area contributed by atoms with E-state index < -0.39 is 10.1 Å². The molecule has 0 fully saturated rings. The molecular weight excluding hydrogens is 240 g/mol. The molecule has 2 aromatic rings. The first-order chi connectivity index (χ1) is 7.79. The van der Waals surface area contributed by atoms with Gasteiger partial charge in [0.2, 0.25) is 0 Å². The fraction of sp³-hybridized carbons (Fsp3) is 0.167. The number of hydrogen-bond acceptors (Lipinski definition) is 3. The Morgan fingerprint density at radius 2 is 1.71 bits per heavy atom. The highest BCUT2D eigenvalue weighted by Crippen LogP contribution is 2.31. The summed E-state index contributed by atoms with van der Waals surface area (Å²) in [6, 6.07) is 6.12. The van der Waals surface area contributed by atoms with Gasteiger partial charge in [-0.15, -0.1) is 0 Å². The molecule has 2 N–H and O–H groups in total. The third-order valence-corrected chi connectivity index (χ3v) is 3.49. The third kappa shape index (κ3) is 2.11. The van der Waals surface area contributed by atoms with E-state index in [0.29, 0.717) is 10.8 Å². The number of phenols is 1. The average molecular weight is 252 g/mol. The van der Waals surface area contributed by atoms with Gasteiger partial charge in [0.15, 0.2) is 0 Å². The highest BCUT2D eigenvalue weighted by atomic mass is 32.2. The molecule has 0 unspecified atom stereocenters. The predicted molar refractivity (Wildman–Crippen MR) is 64.9 cm³/mol. The minimum absolute atomic E-state index is 0.185. The van der Waals surface area contributed by atoms with Crippen molar-refractivity contribution >= 4 is 20.9 Å². The van der Waals surface area contributed by atoms with Crippen LogP contribution in [-0.2, 0) is 10.1 Å². The minimum atomic E-state index is -4.35. The molecule has 0 radical (unpaired) electrons. The quantitative estimate of drug-likeness (QED) is 0.764. The number of aryl methyl sites for hydroxylation is 2. The lowest BCUT2D eigenvalue weighted by atomic mass is 10.0. The highest BCUT2D eigenvalue weighted by Gasteiger charge is 2.17. The zero-order valence-corrected chi connectivity index (χ0v) is 10.2. The van der Waals surface area contributed by atoms with Crippen molar-refractivity contribution in [1.82, 2.24) is 0 Å². The van der Waals surface area contributed by atoms with E-state index in [0.717, 1.165) is 17.2 Å². The molecule has 0 bridgehead atoms. The standard InChI is InChI=1S/C12H12O4S/c1-7-3-8(2)12-9(4-7)5-10(13)6-11(12)17(14,15)16/h3-6,13H,1-2H3,(H,14,15,16). The van der Waals surface area contributed by atoms with Gasteiger partial charge in [-0.05, 0) is 30.9 Å². The van der Waals surface area contributed by atoms with Gasteiger partial charge in [-0.25, -0.2) is 0 Å². The van der Waals surface area contributed by atoms with Gasteiger partial charge in [0.05, 0.1) is 0 Å². The Kier molecular flexibility index (Phi) is 2.60. The molecule has 4 nitrogen and oxygen atoms in total. The Labute approximate surface area is 99.3 Å². The molecular formula is C12H12O4S. The summed E-state index contributed by atoms with van der Waals surface area (Å²) in [7, 11) is -4.35. The van der Waals surface area contributed by atoms with Gasteiger partial charge in [0.1, 0.15) is 10.6 Å². The number of benzene rings is 2. The van der Waals surface area contributed by atoms with E-state index in [-0.39, 0.29) is 10.6 Å². The molecule has 2 aromatic carbocycles. The molecule has 0 aromatic heterocycles. The van der Waals surface area contributed by atoms with E-state index in [1.807, 2.05) is 13.0 Å². The molecule has 0 aliphatic rings. The van der Waals surface area contributed by atoms with Crippen LogP contribution in [0.1, 0.15) is 11.1 Å². The molecule has 0 saturated heterocycles. The molecule has 0 aliphatic carbocycles. The smallest absolute Gasteiger partial charge is 0.295 e. The molecule has 2 rings (SSSR count). The molecule has 0 saturated carbocycles. The summed E-state index contributed by atoms with van der Waals surface area (Å²) in [5.41, 5.74) is 1.70. The molecule has 17 heavy (non-hydrogen) atoms. The Morgan fingerprint density at radius 1 is 1.06 bits per heavy atom. The second kappa shape index (κ2) is 3.72. The number of aromatic hydroxyl groups is 1. The molecule has 0 atom stereocenters. The lowest BCUT2D eigenvalue weighted by molar-refractivity contribution is 0.468. The number of fused-ring (bicyclic) bond motifs is 1. The fourth-order valence-corrected chi connectivity index (χ4v) is 2.87. The van der Waals surface area contributed by atoms with Crippen molar-refractivity contribution in [2.24, 2.45) is 0 Å². The Bertz CT molecular complexity index is 697. The van der Waals surface area contributed by atoms with Gasteiger partial charge in [-0.1, -0.05) is 17.7 Å². The molecule has 5 heteroatoms. The normalized spacial score (nSPS) is 11.9. The molecule has 0 heterocycles. The Balaban J connectivity index is 3.04. The van der Waals surface area contributed by atoms with Gasteiger partial charge in [0, 0.05) is 11.5 Å². The SMILES string of the molecule is Cc1cc(C)c2c(S(=O)(=O)O)cc(O)cc2c1. The van der Waals surface area contributed by atoms with Crippen molar-refractivity contribution in [1.29, 1.82) is 0 Å². The van der Waals surface area contributed by atoms with Crippen molar-refractivity contribution in [2.45, 2.75) is 18.7 Å². The summed E-state index contributed by atoms with van der Waals surface area (Å²) < 4.78 is 31.7. The molecule has 0 amide bonds. The van der Waals surface area contributed by atoms with Crippen LogP contribution in [0, 0.1) is 13.8 Å². The first-order valence-electron chi connectivity index (χ1n) is 5.00. The van der Waals surface area contributed by atoms with Gasteiger partial charge in [-0.2, -0.15) is 8.42 Å². The summed E-state index contributed by atoms with van der Waals surface area (Å²) >= 11 is 0. The zero-order chi connectivity index (χ0) is 12.8. The Hall–Kier alpha value is -1.59. The van der Waals surface area contributed by atoms with Gasteiger partial charge in [-0.3, -0.25) is 4.55 Å². The van der Waals surface area contributed by atoms with Crippen molar-refractivity contribution in [3.8, 4) is 5.75 Å². The van der Waals surface area contributed by atoms with Gasteiger partial charge < -0.3 is 5.11 Å². The summed E-state index contributed by atoms with van der Waals surface area (Å²) in [4.78, 5) is -0.259. The lowest BCUT2D eigenvalue weighted by Gasteiger charge is -2.09. The summed E-state index contributed by atoms with van der Waals surface area (Å²) in [6.45, 7) is 3.64. The van der Waals surface area contributed by atoms with Crippen LogP contribution in [0.5, 0.6) is 5.75 Å². The van der Waals surface area contributed by atoms with E-state index in [4.69, 9.17) is 4.55 Å². The van der Waals surface area contributed by atoms with Crippen LogP contribution in [0.15, 0.2) is 29.2 Å². The van der Waals surface area contributed by atoms with Crippen molar-refractivity contribution in [3.05, 3.63) is 35.4 Å². The first kappa shape index (κ1) is 11.9. The third-order valence-electron chi connectivity index (χ3n) is 2.62. The van der Waals surface area contributed by atoms with Crippen LogP contribution >= 0.6 is 0 Å². The van der Waals surface area contributed by atoms with E-state index in [9.17, 15) is 13.5 Å². The monoisotopic (exact) mass is 252 g/mol. The topological polar surface area (TPSA) is 74.6 Å². The fourth-order valence-electron chi connectivity index (χ4n) is 2.06. The summed E-state index contributed by atoms with van der Waals surface area (Å²) in [5.74, 6) is -0.185. The summed E-state index contributed by atoms with van der Waals surface area (Å²) in [6.07, 6.45) is 0. The zero-order valence-electron chi connectivity index (χ0n) is 9.43. The van der Waals surface area contributed by atoms with E-state index in [1.54, 1.807) is 13.0 Å². The van der Waals surface area contributed by atoms with Gasteiger partial charge >= 0.3 is 0 Å². The van der Waals surface area contributed by atoms with Crippen LogP contribution < -0.4 is 0 Å². The number of hydrogen-bond donors (Lipinski definition) is 2. The maximum absolute atomic E-state index is 11.3. The second-order valence-electron chi connectivity index (χ2n) is 4.10. The number of phenolic OH excluding ortho intramolecular Hbond substituents is 1. The molecule has 90 valence electrons. The minimum Gasteiger partial charge on any atom is -0.508 e.